The standard InChI is InChI=1S/C34H42N4O3/c1-3-34(4-2,26-8-6-5-7-9-26)23-37-33(39)25-12-15-31(35)30(20-25)32(36)24-10-13-28(14-11-24)41-29-16-18-38(19-17-29)27-21-40-22-27/h5-15,20,27,29,36H,3-4,16-19,21-23,35H2,1-2H3,(H,37,39)/p+1. The van der Waals surface area contributed by atoms with Crippen molar-refractivity contribution in [3.05, 3.63) is 95.1 Å². The number of rotatable bonds is 11. The molecule has 2 fully saturated rings. The Morgan fingerprint density at radius 2 is 1.66 bits per heavy atom. The number of nitrogens with one attached hydrogen (secondary N) is 1. The minimum absolute atomic E-state index is 0.120. The number of nitrogens with two attached hydrogens (primary N) is 2. The predicted octanol–water partition coefficient (Wildman–Crippen LogP) is 3.60. The van der Waals surface area contributed by atoms with Gasteiger partial charge in [0, 0.05) is 41.9 Å². The molecule has 2 heterocycles. The summed E-state index contributed by atoms with van der Waals surface area (Å²) in [7, 11) is 0. The maximum atomic E-state index is 13.3. The number of piperidine rings is 1. The summed E-state index contributed by atoms with van der Waals surface area (Å²) >= 11 is 0. The van der Waals surface area contributed by atoms with Gasteiger partial charge in [0.15, 0.2) is 0 Å². The van der Waals surface area contributed by atoms with Crippen LogP contribution in [0.15, 0.2) is 72.8 Å². The molecule has 3 aromatic rings. The summed E-state index contributed by atoms with van der Waals surface area (Å²) in [5.41, 5.74) is 10.5. The van der Waals surface area contributed by atoms with E-state index in [4.69, 9.17) is 20.6 Å². The molecule has 0 radical (unpaired) electrons. The summed E-state index contributed by atoms with van der Waals surface area (Å²) < 4.78 is 11.6. The first-order valence-corrected chi connectivity index (χ1v) is 14.9. The van der Waals surface area contributed by atoms with E-state index in [1.807, 2.05) is 30.3 Å². The molecule has 2 aliphatic rings. The van der Waals surface area contributed by atoms with Crippen LogP contribution in [0, 0.1) is 0 Å². The lowest BCUT2D eigenvalue weighted by molar-refractivity contribution is -0.111. The molecule has 0 aromatic heterocycles. The second-order valence-electron chi connectivity index (χ2n) is 11.3. The highest BCUT2D eigenvalue weighted by Gasteiger charge is 2.31. The fourth-order valence-electron chi connectivity index (χ4n) is 5.94. The van der Waals surface area contributed by atoms with Gasteiger partial charge in [-0.05, 0) is 73.7 Å². The maximum Gasteiger partial charge on any atom is 0.251 e. The molecule has 41 heavy (non-hydrogen) atoms. The highest BCUT2D eigenvalue weighted by atomic mass is 16.5. The van der Waals surface area contributed by atoms with Gasteiger partial charge in [-0.25, -0.2) is 0 Å². The summed E-state index contributed by atoms with van der Waals surface area (Å²) in [6.07, 6.45) is 4.10. The van der Waals surface area contributed by atoms with Crippen molar-refractivity contribution in [2.75, 3.05) is 38.6 Å². The van der Waals surface area contributed by atoms with Crippen LogP contribution < -0.4 is 21.2 Å². The number of carbonyl (C=O) groups is 1. The molecule has 7 heteroatoms. The van der Waals surface area contributed by atoms with Crippen LogP contribution in [0.2, 0.25) is 0 Å². The first-order valence-electron chi connectivity index (χ1n) is 14.9. The van der Waals surface area contributed by atoms with Crippen LogP contribution in [0.1, 0.15) is 66.6 Å². The lowest BCUT2D eigenvalue weighted by Gasteiger charge is -2.41. The Labute approximate surface area is 243 Å². The van der Waals surface area contributed by atoms with E-state index in [0.717, 1.165) is 63.3 Å². The van der Waals surface area contributed by atoms with E-state index in [9.17, 15) is 4.79 Å². The Bertz CT molecular complexity index is 1330. The van der Waals surface area contributed by atoms with E-state index >= 15 is 0 Å². The normalized spacial score (nSPS) is 16.6. The van der Waals surface area contributed by atoms with Crippen molar-refractivity contribution >= 4 is 17.3 Å². The number of nitrogens with zero attached hydrogens (tertiary/aromatic N) is 1. The number of benzene rings is 3. The molecule has 0 unspecified atom stereocenters. The van der Waals surface area contributed by atoms with Crippen LogP contribution in [0.25, 0.3) is 0 Å². The summed E-state index contributed by atoms with van der Waals surface area (Å²) in [5.74, 6) is 0.697. The van der Waals surface area contributed by atoms with Crippen LogP contribution in [-0.4, -0.2) is 61.5 Å². The molecular formula is C34H43N4O3+. The van der Waals surface area contributed by atoms with Gasteiger partial charge in [0.2, 0.25) is 5.71 Å². The zero-order chi connectivity index (χ0) is 28.8. The second-order valence-corrected chi connectivity index (χ2v) is 11.3. The average molecular weight is 556 g/mol. The topological polar surface area (TPSA) is 102 Å². The highest BCUT2D eigenvalue weighted by molar-refractivity contribution is 6.13. The van der Waals surface area contributed by atoms with Gasteiger partial charge < -0.3 is 20.5 Å². The van der Waals surface area contributed by atoms with Crippen molar-refractivity contribution in [1.82, 2.24) is 10.2 Å². The lowest BCUT2D eigenvalue weighted by atomic mass is 9.76. The largest absolute Gasteiger partial charge is 0.490 e. The molecule has 0 atom stereocenters. The number of hydrogen-bond donors (Lipinski definition) is 3. The third-order valence-corrected chi connectivity index (χ3v) is 9.01. The zero-order valence-electron chi connectivity index (χ0n) is 24.3. The third kappa shape index (κ3) is 6.47. The quantitative estimate of drug-likeness (QED) is 0.248. The van der Waals surface area contributed by atoms with Crippen molar-refractivity contribution < 1.29 is 19.7 Å². The number of nitrogen functional groups attached to an aromatic ring is 1. The number of ether oxygens (including phenoxy) is 2. The van der Waals surface area contributed by atoms with Gasteiger partial charge in [-0.3, -0.25) is 15.1 Å². The minimum Gasteiger partial charge on any atom is -0.490 e. The van der Waals surface area contributed by atoms with Crippen molar-refractivity contribution in [3.8, 4) is 5.75 Å². The molecule has 3 aromatic carbocycles. The highest BCUT2D eigenvalue weighted by Crippen LogP contribution is 2.31. The average Bonchev–Trinajstić information content (AvgIpc) is 2.99. The molecule has 216 valence electrons. The van der Waals surface area contributed by atoms with Gasteiger partial charge in [-0.2, -0.15) is 0 Å². The number of carbonyl (C=O) groups excluding carboxylic acids is 1. The van der Waals surface area contributed by atoms with E-state index in [-0.39, 0.29) is 17.4 Å². The SMILES string of the molecule is CCC(CC)(CNC(=O)c1ccc(N)c(C(=[NH2+])c2ccc(OC3CCN(C4COC4)CC3)cc2)c1)c1ccccc1. The number of anilines is 1. The van der Waals surface area contributed by atoms with Gasteiger partial charge in [-0.1, -0.05) is 44.2 Å². The Morgan fingerprint density at radius 1 is 1.00 bits per heavy atom. The molecule has 0 bridgehead atoms. The van der Waals surface area contributed by atoms with E-state index in [1.54, 1.807) is 18.2 Å². The molecule has 0 aliphatic carbocycles. The van der Waals surface area contributed by atoms with Gasteiger partial charge in [0.25, 0.3) is 5.91 Å². The van der Waals surface area contributed by atoms with Gasteiger partial charge >= 0.3 is 0 Å². The molecular weight excluding hydrogens is 512 g/mol. The smallest absolute Gasteiger partial charge is 0.251 e. The summed E-state index contributed by atoms with van der Waals surface area (Å²) in [6, 6.07) is 24.1. The Morgan fingerprint density at radius 3 is 2.27 bits per heavy atom. The maximum absolute atomic E-state index is 13.3. The molecule has 1 amide bonds. The van der Waals surface area contributed by atoms with Crippen molar-refractivity contribution in [2.24, 2.45) is 0 Å². The van der Waals surface area contributed by atoms with Gasteiger partial charge in [-0.15, -0.1) is 0 Å². The molecule has 2 aliphatic heterocycles. The first-order chi connectivity index (χ1) is 19.9. The van der Waals surface area contributed by atoms with Gasteiger partial charge in [0.1, 0.15) is 11.9 Å². The summed E-state index contributed by atoms with van der Waals surface area (Å²) in [4.78, 5) is 15.8. The second kappa shape index (κ2) is 12.9. The fourth-order valence-corrected chi connectivity index (χ4v) is 5.94. The number of likely N-dealkylation sites (tertiary alicyclic amines) is 1. The van der Waals surface area contributed by atoms with E-state index < -0.39 is 0 Å². The molecule has 0 spiro atoms. The number of amides is 1. The fraction of sp³-hybridized carbons (Fsp3) is 0.412. The molecule has 5 N–H and O–H groups in total. The predicted molar refractivity (Wildman–Crippen MR) is 163 cm³/mol. The minimum atomic E-state index is -0.138. The Kier molecular flexibility index (Phi) is 9.06. The lowest BCUT2D eigenvalue weighted by Crippen LogP contribution is -2.52. The Balaban J connectivity index is 1.21. The van der Waals surface area contributed by atoms with Crippen molar-refractivity contribution in [3.63, 3.8) is 0 Å². The van der Waals surface area contributed by atoms with Crippen LogP contribution in [0.3, 0.4) is 0 Å². The zero-order valence-corrected chi connectivity index (χ0v) is 24.3. The molecule has 7 nitrogen and oxygen atoms in total. The van der Waals surface area contributed by atoms with Crippen LogP contribution in [-0.2, 0) is 10.2 Å². The van der Waals surface area contributed by atoms with E-state index in [0.29, 0.717) is 35.1 Å². The third-order valence-electron chi connectivity index (χ3n) is 9.01. The van der Waals surface area contributed by atoms with Crippen LogP contribution in [0.4, 0.5) is 5.69 Å². The molecule has 5 rings (SSSR count). The first kappa shape index (κ1) is 28.8. The van der Waals surface area contributed by atoms with E-state index in [2.05, 4.69) is 48.3 Å². The Hall–Kier alpha value is -3.68. The van der Waals surface area contributed by atoms with E-state index in [1.165, 1.54) is 5.56 Å². The van der Waals surface area contributed by atoms with Crippen molar-refractivity contribution in [2.45, 2.75) is 57.1 Å². The van der Waals surface area contributed by atoms with Gasteiger partial charge in [0.05, 0.1) is 24.8 Å². The monoisotopic (exact) mass is 555 g/mol. The molecule has 2 saturated heterocycles. The summed E-state index contributed by atoms with van der Waals surface area (Å²) in [6.45, 7) is 8.70. The van der Waals surface area contributed by atoms with Crippen molar-refractivity contribution in [1.29, 1.82) is 0 Å². The van der Waals surface area contributed by atoms with Crippen LogP contribution >= 0.6 is 0 Å². The molecule has 0 saturated carbocycles. The number of hydrogen-bond acceptors (Lipinski definition) is 5. The summed E-state index contributed by atoms with van der Waals surface area (Å²) in [5, 5.41) is 9.77. The van der Waals surface area contributed by atoms with Crippen LogP contribution in [0.5, 0.6) is 5.75 Å².